The van der Waals surface area contributed by atoms with Crippen LogP contribution in [0.15, 0.2) is 29.3 Å². The zero-order chi connectivity index (χ0) is 10.4. The highest BCUT2D eigenvalue weighted by Crippen LogP contribution is 2.14. The summed E-state index contributed by atoms with van der Waals surface area (Å²) in [6, 6.07) is 8.07. The Bertz CT molecular complexity index is 320. The van der Waals surface area contributed by atoms with E-state index in [1.807, 2.05) is 18.2 Å². The molecule has 0 spiro atoms. The third-order valence-corrected chi connectivity index (χ3v) is 2.01. The number of hydrazine groups is 1. The summed E-state index contributed by atoms with van der Waals surface area (Å²) in [4.78, 5) is 3.95. The van der Waals surface area contributed by atoms with Gasteiger partial charge < -0.3 is 5.32 Å². The van der Waals surface area contributed by atoms with Gasteiger partial charge in [0.1, 0.15) is 0 Å². The first-order valence-corrected chi connectivity index (χ1v) is 4.60. The largest absolute Gasteiger partial charge is 0.325 e. The Hall–Kier alpha value is -1.55. The first kappa shape index (κ1) is 10.5. The van der Waals surface area contributed by atoms with Crippen LogP contribution in [0.2, 0.25) is 0 Å². The Morgan fingerprint density at radius 3 is 2.71 bits per heavy atom. The van der Waals surface area contributed by atoms with Crippen LogP contribution in [0.25, 0.3) is 0 Å². The number of nitrogens with one attached hydrogen (secondary N) is 2. The number of aryl methyl sites for hydroxylation is 1. The fourth-order valence-corrected chi connectivity index (χ4v) is 1.23. The van der Waals surface area contributed by atoms with Crippen molar-refractivity contribution >= 4 is 11.6 Å². The van der Waals surface area contributed by atoms with Crippen molar-refractivity contribution in [2.24, 2.45) is 10.8 Å². The number of anilines is 1. The third kappa shape index (κ3) is 2.47. The maximum absolute atomic E-state index is 5.28. The van der Waals surface area contributed by atoms with E-state index in [0.29, 0.717) is 5.96 Å². The average molecular weight is 192 g/mol. The Kier molecular flexibility index (Phi) is 3.94. The minimum atomic E-state index is 0.561. The van der Waals surface area contributed by atoms with Crippen LogP contribution in [-0.4, -0.2) is 13.0 Å². The molecule has 1 aromatic carbocycles. The second kappa shape index (κ2) is 5.24. The topological polar surface area (TPSA) is 62.4 Å². The second-order valence-electron chi connectivity index (χ2n) is 2.85. The van der Waals surface area contributed by atoms with Crippen molar-refractivity contribution in [2.45, 2.75) is 13.3 Å². The van der Waals surface area contributed by atoms with E-state index in [1.165, 1.54) is 5.56 Å². The lowest BCUT2D eigenvalue weighted by molar-refractivity contribution is 1.01. The number of benzene rings is 1. The molecule has 4 N–H and O–H groups in total. The molecule has 0 saturated carbocycles. The average Bonchev–Trinajstić information content (AvgIpc) is 2.26. The highest BCUT2D eigenvalue weighted by Gasteiger charge is 2.00. The van der Waals surface area contributed by atoms with Gasteiger partial charge in [0, 0.05) is 12.7 Å². The molecular formula is C10H16N4. The van der Waals surface area contributed by atoms with Gasteiger partial charge >= 0.3 is 0 Å². The smallest absolute Gasteiger partial charge is 0.209 e. The van der Waals surface area contributed by atoms with Gasteiger partial charge in [-0.1, -0.05) is 25.1 Å². The quantitative estimate of drug-likeness (QED) is 0.285. The van der Waals surface area contributed by atoms with Crippen molar-refractivity contribution in [3.05, 3.63) is 29.8 Å². The molecular weight excluding hydrogens is 176 g/mol. The van der Waals surface area contributed by atoms with Crippen molar-refractivity contribution in [3.63, 3.8) is 0 Å². The van der Waals surface area contributed by atoms with Crippen molar-refractivity contribution < 1.29 is 0 Å². The molecule has 4 nitrogen and oxygen atoms in total. The van der Waals surface area contributed by atoms with E-state index in [0.717, 1.165) is 12.1 Å². The predicted octanol–water partition coefficient (Wildman–Crippen LogP) is 1.11. The Labute approximate surface area is 84.2 Å². The normalized spacial score (nSPS) is 11.2. The van der Waals surface area contributed by atoms with Crippen molar-refractivity contribution in [1.82, 2.24) is 5.43 Å². The van der Waals surface area contributed by atoms with E-state index in [1.54, 1.807) is 7.05 Å². The van der Waals surface area contributed by atoms with Gasteiger partial charge in [0.05, 0.1) is 0 Å². The number of guanidine groups is 1. The molecule has 1 rings (SSSR count). The number of nitrogens with two attached hydrogens (primary N) is 1. The number of hydrogen-bond donors (Lipinski definition) is 3. The number of hydrogen-bond acceptors (Lipinski definition) is 2. The predicted molar refractivity (Wildman–Crippen MR) is 60.1 cm³/mol. The maximum atomic E-state index is 5.28. The number of nitrogens with zero attached hydrogens (tertiary/aromatic N) is 1. The molecule has 0 aliphatic rings. The molecule has 76 valence electrons. The lowest BCUT2D eigenvalue weighted by atomic mass is 10.1. The summed E-state index contributed by atoms with van der Waals surface area (Å²) < 4.78 is 0. The molecule has 0 fully saturated rings. The number of aliphatic imine (C=N–C) groups is 1. The molecule has 14 heavy (non-hydrogen) atoms. The number of rotatable bonds is 2. The maximum Gasteiger partial charge on any atom is 0.209 e. The lowest BCUT2D eigenvalue weighted by Crippen LogP contribution is -2.36. The summed E-state index contributed by atoms with van der Waals surface area (Å²) in [5.41, 5.74) is 4.77. The molecule has 0 unspecified atom stereocenters. The monoisotopic (exact) mass is 192 g/mol. The molecule has 0 radical (unpaired) electrons. The summed E-state index contributed by atoms with van der Waals surface area (Å²) in [7, 11) is 1.68. The van der Waals surface area contributed by atoms with E-state index >= 15 is 0 Å². The van der Waals surface area contributed by atoms with Crippen LogP contribution in [0.3, 0.4) is 0 Å². The summed E-state index contributed by atoms with van der Waals surface area (Å²) >= 11 is 0. The second-order valence-corrected chi connectivity index (χ2v) is 2.85. The Morgan fingerprint density at radius 1 is 1.43 bits per heavy atom. The molecule has 0 aliphatic carbocycles. The highest BCUT2D eigenvalue weighted by molar-refractivity contribution is 5.93. The van der Waals surface area contributed by atoms with Crippen molar-refractivity contribution in [3.8, 4) is 0 Å². The molecule has 0 heterocycles. The molecule has 0 bridgehead atoms. The fourth-order valence-electron chi connectivity index (χ4n) is 1.23. The van der Waals surface area contributed by atoms with Crippen LogP contribution in [0.5, 0.6) is 0 Å². The summed E-state index contributed by atoms with van der Waals surface area (Å²) in [6.45, 7) is 2.11. The fraction of sp³-hybridized carbons (Fsp3) is 0.300. The first-order chi connectivity index (χ1) is 6.81. The minimum absolute atomic E-state index is 0.561. The van der Waals surface area contributed by atoms with Gasteiger partial charge in [0.25, 0.3) is 0 Å². The van der Waals surface area contributed by atoms with Crippen LogP contribution in [-0.2, 0) is 6.42 Å². The Balaban J connectivity index is 2.85. The summed E-state index contributed by atoms with van der Waals surface area (Å²) in [5.74, 6) is 5.84. The van der Waals surface area contributed by atoms with Crippen molar-refractivity contribution in [2.75, 3.05) is 12.4 Å². The van der Waals surface area contributed by atoms with Gasteiger partial charge in [-0.3, -0.25) is 10.4 Å². The molecule has 0 aliphatic heterocycles. The van der Waals surface area contributed by atoms with Gasteiger partial charge in [-0.2, -0.15) is 0 Å². The lowest BCUT2D eigenvalue weighted by Gasteiger charge is -2.11. The van der Waals surface area contributed by atoms with Gasteiger partial charge in [-0.25, -0.2) is 5.84 Å². The molecule has 0 atom stereocenters. The zero-order valence-corrected chi connectivity index (χ0v) is 8.54. The van der Waals surface area contributed by atoms with Crippen molar-refractivity contribution in [1.29, 1.82) is 0 Å². The number of para-hydroxylation sites is 1. The van der Waals surface area contributed by atoms with Crippen LogP contribution in [0, 0.1) is 0 Å². The summed E-state index contributed by atoms with van der Waals surface area (Å²) in [6.07, 6.45) is 0.977. The zero-order valence-electron chi connectivity index (χ0n) is 8.54. The van der Waals surface area contributed by atoms with Crippen LogP contribution < -0.4 is 16.6 Å². The van der Waals surface area contributed by atoms with E-state index < -0.39 is 0 Å². The third-order valence-electron chi connectivity index (χ3n) is 2.01. The summed E-state index contributed by atoms with van der Waals surface area (Å²) in [5, 5.41) is 3.11. The molecule has 1 aromatic rings. The minimum Gasteiger partial charge on any atom is -0.325 e. The van der Waals surface area contributed by atoms with E-state index in [9.17, 15) is 0 Å². The standard InChI is InChI=1S/C10H16N4/c1-3-8-6-4-5-7-9(8)13-10(12-2)14-11/h4-7H,3,11H2,1-2H3,(H2,12,13,14). The van der Waals surface area contributed by atoms with Gasteiger partial charge in [0.15, 0.2) is 0 Å². The van der Waals surface area contributed by atoms with E-state index in [-0.39, 0.29) is 0 Å². The highest BCUT2D eigenvalue weighted by atomic mass is 15.3. The Morgan fingerprint density at radius 2 is 2.14 bits per heavy atom. The molecule has 0 amide bonds. The molecule has 4 heteroatoms. The first-order valence-electron chi connectivity index (χ1n) is 4.60. The van der Waals surface area contributed by atoms with E-state index in [4.69, 9.17) is 5.84 Å². The van der Waals surface area contributed by atoms with Gasteiger partial charge in [-0.05, 0) is 18.1 Å². The molecule has 0 saturated heterocycles. The van der Waals surface area contributed by atoms with Crippen LogP contribution in [0.1, 0.15) is 12.5 Å². The SMILES string of the molecule is CCc1ccccc1NC(=NC)NN. The van der Waals surface area contributed by atoms with Gasteiger partial charge in [0.2, 0.25) is 5.96 Å². The molecule has 0 aromatic heterocycles. The van der Waals surface area contributed by atoms with E-state index in [2.05, 4.69) is 28.7 Å². The van der Waals surface area contributed by atoms with Gasteiger partial charge in [-0.15, -0.1) is 0 Å². The van der Waals surface area contributed by atoms with Crippen LogP contribution in [0.4, 0.5) is 5.69 Å². The van der Waals surface area contributed by atoms with Crippen LogP contribution >= 0.6 is 0 Å².